The Hall–Kier alpha value is -3.30. The Morgan fingerprint density at radius 3 is 2.36 bits per heavy atom. The number of nitrogens with zero attached hydrogens (tertiary/aromatic N) is 2. The average Bonchev–Trinajstić information content (AvgIpc) is 2.83. The van der Waals surface area contributed by atoms with Crippen LogP contribution in [-0.4, -0.2) is 36.8 Å². The van der Waals surface area contributed by atoms with Gasteiger partial charge in [0.25, 0.3) is 0 Å². The van der Waals surface area contributed by atoms with Crippen LogP contribution in [0.15, 0.2) is 71.8 Å². The maximum absolute atomic E-state index is 14.2. The molecule has 33 heavy (non-hydrogen) atoms. The lowest BCUT2D eigenvalue weighted by atomic mass is 10.2. The first-order valence-electron chi connectivity index (χ1n) is 10.4. The summed E-state index contributed by atoms with van der Waals surface area (Å²) in [4.78, 5) is 16.5. The lowest BCUT2D eigenvalue weighted by Crippen LogP contribution is -2.30. The summed E-state index contributed by atoms with van der Waals surface area (Å²) in [6.07, 6.45) is 1.69. The van der Waals surface area contributed by atoms with E-state index in [4.69, 9.17) is 9.47 Å². The van der Waals surface area contributed by atoms with Crippen molar-refractivity contribution < 1.29 is 27.1 Å². The van der Waals surface area contributed by atoms with Crippen LogP contribution in [0.5, 0.6) is 5.75 Å². The highest BCUT2D eigenvalue weighted by Crippen LogP contribution is 2.21. The molecule has 0 bridgehead atoms. The smallest absolute Gasteiger partial charge is 0.341 e. The fraction of sp³-hybridized carbons (Fsp3) is 0.250. The minimum absolute atomic E-state index is 0.105. The number of carbonyl (C=O) groups is 1. The van der Waals surface area contributed by atoms with Crippen LogP contribution in [0.3, 0.4) is 0 Å². The Morgan fingerprint density at radius 1 is 1.00 bits per heavy atom. The van der Waals surface area contributed by atoms with Crippen molar-refractivity contribution >= 4 is 16.0 Å². The van der Waals surface area contributed by atoms with Gasteiger partial charge in [-0.2, -0.15) is 4.31 Å². The Balaban J connectivity index is 1.63. The molecule has 0 N–H and O–H groups in total. The van der Waals surface area contributed by atoms with Gasteiger partial charge in [-0.05, 0) is 48.0 Å². The Morgan fingerprint density at radius 2 is 1.73 bits per heavy atom. The number of ether oxygens (including phenoxy) is 2. The molecule has 174 valence electrons. The van der Waals surface area contributed by atoms with Gasteiger partial charge in [-0.1, -0.05) is 32.0 Å². The van der Waals surface area contributed by atoms with E-state index in [9.17, 15) is 17.6 Å². The van der Waals surface area contributed by atoms with Crippen molar-refractivity contribution in [3.8, 4) is 5.75 Å². The standard InChI is InChI=1S/C24H25FN2O5S/c1-3-27(4-2)33(29,30)21-12-13-23(25)22(15-21)24(28)32-16-18-8-10-20(11-9-18)31-17-19-7-5-6-14-26-19/h5-15H,3-4,16-17H2,1-2H3. The third-order valence-corrected chi connectivity index (χ3v) is 6.95. The number of esters is 1. The maximum atomic E-state index is 14.2. The molecule has 9 heteroatoms. The molecule has 3 aromatic rings. The molecule has 0 amide bonds. The molecule has 1 aromatic heterocycles. The van der Waals surface area contributed by atoms with Crippen LogP contribution in [0.25, 0.3) is 0 Å². The lowest BCUT2D eigenvalue weighted by molar-refractivity contribution is 0.0467. The van der Waals surface area contributed by atoms with Crippen molar-refractivity contribution in [2.75, 3.05) is 13.1 Å². The second kappa shape index (κ2) is 11.0. The van der Waals surface area contributed by atoms with Gasteiger partial charge in [-0.3, -0.25) is 4.98 Å². The Labute approximate surface area is 192 Å². The molecule has 0 fully saturated rings. The van der Waals surface area contributed by atoms with Crippen molar-refractivity contribution in [2.45, 2.75) is 32.0 Å². The third-order valence-electron chi connectivity index (χ3n) is 4.91. The quantitative estimate of drug-likeness (QED) is 0.412. The van der Waals surface area contributed by atoms with E-state index < -0.39 is 27.4 Å². The van der Waals surface area contributed by atoms with Crippen LogP contribution < -0.4 is 4.74 Å². The lowest BCUT2D eigenvalue weighted by Gasteiger charge is -2.18. The molecule has 0 atom stereocenters. The van der Waals surface area contributed by atoms with E-state index >= 15 is 0 Å². The van der Waals surface area contributed by atoms with E-state index in [1.54, 1.807) is 44.3 Å². The van der Waals surface area contributed by atoms with E-state index in [-0.39, 0.29) is 24.6 Å². The molecule has 7 nitrogen and oxygen atoms in total. The van der Waals surface area contributed by atoms with Crippen molar-refractivity contribution in [3.05, 3.63) is 89.5 Å². The monoisotopic (exact) mass is 472 g/mol. The number of halogens is 1. The van der Waals surface area contributed by atoms with Crippen LogP contribution >= 0.6 is 0 Å². The molecule has 3 rings (SSSR count). The van der Waals surface area contributed by atoms with Gasteiger partial charge in [0.15, 0.2) is 0 Å². The van der Waals surface area contributed by atoms with E-state index in [1.165, 1.54) is 4.31 Å². The van der Waals surface area contributed by atoms with Gasteiger partial charge >= 0.3 is 5.97 Å². The predicted octanol–water partition coefficient (Wildman–Crippen LogP) is 4.19. The van der Waals surface area contributed by atoms with E-state index in [0.29, 0.717) is 17.9 Å². The summed E-state index contributed by atoms with van der Waals surface area (Å²) in [6, 6.07) is 15.6. The van der Waals surface area contributed by atoms with Crippen molar-refractivity contribution in [1.29, 1.82) is 0 Å². The number of benzene rings is 2. The molecular weight excluding hydrogens is 447 g/mol. The minimum atomic E-state index is -3.83. The van der Waals surface area contributed by atoms with Gasteiger partial charge in [0.2, 0.25) is 10.0 Å². The topological polar surface area (TPSA) is 85.8 Å². The third kappa shape index (κ3) is 6.15. The second-order valence-corrected chi connectivity index (χ2v) is 9.00. The summed E-state index contributed by atoms with van der Waals surface area (Å²) in [5.41, 5.74) is 1.03. The molecule has 0 spiro atoms. The summed E-state index contributed by atoms with van der Waals surface area (Å²) in [5.74, 6) is -1.17. The van der Waals surface area contributed by atoms with Crippen LogP contribution in [0.4, 0.5) is 4.39 Å². The zero-order valence-electron chi connectivity index (χ0n) is 18.4. The van der Waals surface area contributed by atoms with Crippen LogP contribution in [0, 0.1) is 5.82 Å². The first-order valence-corrected chi connectivity index (χ1v) is 11.9. The van der Waals surface area contributed by atoms with Gasteiger partial charge in [-0.15, -0.1) is 0 Å². The number of rotatable bonds is 10. The molecule has 0 radical (unpaired) electrons. The van der Waals surface area contributed by atoms with Gasteiger partial charge in [-0.25, -0.2) is 17.6 Å². The second-order valence-electron chi connectivity index (χ2n) is 7.06. The highest BCUT2D eigenvalue weighted by Gasteiger charge is 2.24. The van der Waals surface area contributed by atoms with Gasteiger partial charge in [0.05, 0.1) is 16.2 Å². The zero-order valence-corrected chi connectivity index (χ0v) is 19.2. The largest absolute Gasteiger partial charge is 0.487 e. The SMILES string of the molecule is CCN(CC)S(=O)(=O)c1ccc(F)c(C(=O)OCc2ccc(OCc3ccccn3)cc2)c1. The number of hydrogen-bond acceptors (Lipinski definition) is 6. The molecule has 0 aliphatic heterocycles. The van der Waals surface area contributed by atoms with Crippen molar-refractivity contribution in [2.24, 2.45) is 0 Å². The normalized spacial score (nSPS) is 11.4. The average molecular weight is 473 g/mol. The molecule has 0 unspecified atom stereocenters. The first kappa shape index (κ1) is 24.3. The summed E-state index contributed by atoms with van der Waals surface area (Å²) >= 11 is 0. The number of hydrogen-bond donors (Lipinski definition) is 0. The summed E-state index contributed by atoms with van der Waals surface area (Å²) in [7, 11) is -3.83. The zero-order chi connectivity index (χ0) is 23.8. The van der Waals surface area contributed by atoms with Crippen LogP contribution in [0.2, 0.25) is 0 Å². The molecule has 0 aliphatic rings. The number of pyridine rings is 1. The van der Waals surface area contributed by atoms with Gasteiger partial charge in [0, 0.05) is 19.3 Å². The Bertz CT molecular complexity index is 1180. The molecule has 0 saturated heterocycles. The molecule has 0 aliphatic carbocycles. The van der Waals surface area contributed by atoms with Gasteiger partial charge in [0.1, 0.15) is 24.8 Å². The van der Waals surface area contributed by atoms with E-state index in [0.717, 1.165) is 23.9 Å². The maximum Gasteiger partial charge on any atom is 0.341 e. The predicted molar refractivity (Wildman–Crippen MR) is 121 cm³/mol. The molecule has 2 aromatic carbocycles. The number of sulfonamides is 1. The number of carbonyl (C=O) groups excluding carboxylic acids is 1. The van der Waals surface area contributed by atoms with Gasteiger partial charge < -0.3 is 9.47 Å². The minimum Gasteiger partial charge on any atom is -0.487 e. The summed E-state index contributed by atoms with van der Waals surface area (Å²) in [5, 5.41) is 0. The first-order chi connectivity index (χ1) is 15.8. The fourth-order valence-electron chi connectivity index (χ4n) is 3.08. The van der Waals surface area contributed by atoms with Crippen LogP contribution in [-0.2, 0) is 28.0 Å². The summed E-state index contributed by atoms with van der Waals surface area (Å²) < 4.78 is 51.7. The molecular formula is C24H25FN2O5S. The fourth-order valence-corrected chi connectivity index (χ4v) is 4.57. The van der Waals surface area contributed by atoms with Crippen LogP contribution in [0.1, 0.15) is 35.5 Å². The molecule has 1 heterocycles. The highest BCUT2D eigenvalue weighted by molar-refractivity contribution is 7.89. The van der Waals surface area contributed by atoms with Crippen molar-refractivity contribution in [1.82, 2.24) is 9.29 Å². The molecule has 0 saturated carbocycles. The summed E-state index contributed by atoms with van der Waals surface area (Å²) in [6.45, 7) is 4.14. The highest BCUT2D eigenvalue weighted by atomic mass is 32.2. The van der Waals surface area contributed by atoms with Crippen molar-refractivity contribution in [3.63, 3.8) is 0 Å². The van der Waals surface area contributed by atoms with E-state index in [2.05, 4.69) is 4.98 Å². The van der Waals surface area contributed by atoms with E-state index in [1.807, 2.05) is 18.2 Å². The number of aromatic nitrogens is 1. The Kier molecular flexibility index (Phi) is 8.13.